The smallest absolute Gasteiger partial charge is 0.0715 e. The summed E-state index contributed by atoms with van der Waals surface area (Å²) in [6.45, 7) is 6.20. The Labute approximate surface area is 150 Å². The van der Waals surface area contributed by atoms with Gasteiger partial charge in [-0.3, -0.25) is 0 Å². The summed E-state index contributed by atoms with van der Waals surface area (Å²) in [5, 5.41) is 0. The second-order valence-corrected chi connectivity index (χ2v) is 6.10. The molecular weight excluding hydrogens is 302 g/mol. The predicted octanol–water partition coefficient (Wildman–Crippen LogP) is 6.70. The van der Waals surface area contributed by atoms with E-state index < -0.39 is 0 Å². The molecule has 2 aromatic carbocycles. The SMILES string of the molecule is C/C=C\C(=C/C)c1cc(-c2ccc(C)cc2)cc(-c2ccccc2)n1. The molecule has 1 aromatic heterocycles. The summed E-state index contributed by atoms with van der Waals surface area (Å²) in [4.78, 5) is 4.92. The highest BCUT2D eigenvalue weighted by atomic mass is 14.7. The van der Waals surface area contributed by atoms with E-state index in [1.165, 1.54) is 16.7 Å². The minimum atomic E-state index is 0.998. The lowest BCUT2D eigenvalue weighted by atomic mass is 9.99. The van der Waals surface area contributed by atoms with Crippen molar-refractivity contribution < 1.29 is 0 Å². The van der Waals surface area contributed by atoms with Gasteiger partial charge in [0, 0.05) is 5.56 Å². The minimum absolute atomic E-state index is 0.998. The van der Waals surface area contributed by atoms with Crippen LogP contribution in [0.4, 0.5) is 0 Å². The molecule has 3 rings (SSSR count). The molecule has 0 saturated heterocycles. The van der Waals surface area contributed by atoms with Crippen LogP contribution < -0.4 is 0 Å². The van der Waals surface area contributed by atoms with Gasteiger partial charge >= 0.3 is 0 Å². The molecule has 0 atom stereocenters. The van der Waals surface area contributed by atoms with Crippen LogP contribution in [-0.4, -0.2) is 4.98 Å². The van der Waals surface area contributed by atoms with E-state index in [1.807, 2.05) is 13.0 Å². The van der Waals surface area contributed by atoms with Gasteiger partial charge in [-0.25, -0.2) is 4.98 Å². The number of aryl methyl sites for hydroxylation is 1. The van der Waals surface area contributed by atoms with E-state index in [4.69, 9.17) is 4.98 Å². The Morgan fingerprint density at radius 2 is 1.52 bits per heavy atom. The van der Waals surface area contributed by atoms with E-state index in [1.54, 1.807) is 0 Å². The first-order valence-electron chi connectivity index (χ1n) is 8.65. The van der Waals surface area contributed by atoms with Crippen molar-refractivity contribution in [2.24, 2.45) is 0 Å². The Morgan fingerprint density at radius 1 is 0.800 bits per heavy atom. The molecule has 0 spiro atoms. The largest absolute Gasteiger partial charge is 0.248 e. The Hall–Kier alpha value is -2.93. The summed E-state index contributed by atoms with van der Waals surface area (Å²) >= 11 is 0. The number of rotatable bonds is 4. The quantitative estimate of drug-likeness (QED) is 0.486. The second kappa shape index (κ2) is 7.76. The maximum absolute atomic E-state index is 4.92. The first-order valence-corrected chi connectivity index (χ1v) is 8.65. The minimum Gasteiger partial charge on any atom is -0.248 e. The summed E-state index contributed by atoms with van der Waals surface area (Å²) in [5.74, 6) is 0. The summed E-state index contributed by atoms with van der Waals surface area (Å²) < 4.78 is 0. The van der Waals surface area contributed by atoms with Crippen LogP contribution >= 0.6 is 0 Å². The number of pyridine rings is 1. The summed E-state index contributed by atoms with van der Waals surface area (Å²) in [7, 11) is 0. The molecule has 0 aliphatic rings. The molecule has 124 valence electrons. The van der Waals surface area contributed by atoms with Crippen molar-refractivity contribution in [1.29, 1.82) is 0 Å². The maximum Gasteiger partial charge on any atom is 0.0715 e. The van der Waals surface area contributed by atoms with Gasteiger partial charge < -0.3 is 0 Å². The maximum atomic E-state index is 4.92. The molecule has 0 aliphatic heterocycles. The zero-order chi connectivity index (χ0) is 17.6. The molecule has 1 heterocycles. The van der Waals surface area contributed by atoms with Gasteiger partial charge in [-0.2, -0.15) is 0 Å². The Bertz CT molecular complexity index is 901. The van der Waals surface area contributed by atoms with E-state index in [-0.39, 0.29) is 0 Å². The van der Waals surface area contributed by atoms with Gasteiger partial charge in [-0.1, -0.05) is 78.4 Å². The standard InChI is InChI=1S/C24H23N/c1-4-9-19(5-2)23-16-22(20-14-12-18(3)13-15-20)17-24(25-23)21-10-7-6-8-11-21/h4-17H,1-3H3/b9-4-,19-5+. The van der Waals surface area contributed by atoms with Crippen LogP contribution in [-0.2, 0) is 0 Å². The van der Waals surface area contributed by atoms with E-state index >= 15 is 0 Å². The molecule has 0 amide bonds. The van der Waals surface area contributed by atoms with Gasteiger partial charge in [-0.15, -0.1) is 0 Å². The van der Waals surface area contributed by atoms with Crippen LogP contribution in [0.15, 0.2) is 85.0 Å². The topological polar surface area (TPSA) is 12.9 Å². The van der Waals surface area contributed by atoms with Crippen molar-refractivity contribution in [2.75, 3.05) is 0 Å². The van der Waals surface area contributed by atoms with Crippen molar-refractivity contribution in [3.8, 4) is 22.4 Å². The molecule has 1 nitrogen and oxygen atoms in total. The number of hydrogen-bond acceptors (Lipinski definition) is 1. The number of nitrogens with zero attached hydrogens (tertiary/aromatic N) is 1. The number of hydrogen-bond donors (Lipinski definition) is 0. The average Bonchev–Trinajstić information content (AvgIpc) is 2.67. The van der Waals surface area contributed by atoms with Crippen LogP contribution in [0.5, 0.6) is 0 Å². The summed E-state index contributed by atoms with van der Waals surface area (Å²) in [6, 6.07) is 23.4. The normalized spacial score (nSPS) is 11.9. The third-order valence-corrected chi connectivity index (χ3v) is 4.23. The van der Waals surface area contributed by atoms with Crippen LogP contribution in [0, 0.1) is 6.92 Å². The van der Waals surface area contributed by atoms with E-state index in [2.05, 4.69) is 92.7 Å². The predicted molar refractivity (Wildman–Crippen MR) is 108 cm³/mol. The van der Waals surface area contributed by atoms with Gasteiger partial charge in [0.15, 0.2) is 0 Å². The fraction of sp³-hybridized carbons (Fsp3) is 0.125. The second-order valence-electron chi connectivity index (χ2n) is 6.10. The molecule has 1 heteroatoms. The highest BCUT2D eigenvalue weighted by Crippen LogP contribution is 2.29. The zero-order valence-electron chi connectivity index (χ0n) is 15.0. The van der Waals surface area contributed by atoms with E-state index in [0.717, 1.165) is 22.5 Å². The first kappa shape index (κ1) is 16.9. The molecule has 0 radical (unpaired) electrons. The van der Waals surface area contributed by atoms with Gasteiger partial charge in [0.25, 0.3) is 0 Å². The lowest BCUT2D eigenvalue weighted by molar-refractivity contribution is 1.28. The zero-order valence-corrected chi connectivity index (χ0v) is 15.0. The highest BCUT2D eigenvalue weighted by molar-refractivity contribution is 5.79. The van der Waals surface area contributed by atoms with Gasteiger partial charge in [0.05, 0.1) is 11.4 Å². The lowest BCUT2D eigenvalue weighted by Gasteiger charge is -2.11. The Balaban J connectivity index is 2.19. The van der Waals surface area contributed by atoms with Crippen molar-refractivity contribution in [1.82, 2.24) is 4.98 Å². The third-order valence-electron chi connectivity index (χ3n) is 4.23. The van der Waals surface area contributed by atoms with Gasteiger partial charge in [0.2, 0.25) is 0 Å². The lowest BCUT2D eigenvalue weighted by Crippen LogP contribution is -1.93. The van der Waals surface area contributed by atoms with Crippen molar-refractivity contribution in [3.63, 3.8) is 0 Å². The highest BCUT2D eigenvalue weighted by Gasteiger charge is 2.08. The molecule has 0 aliphatic carbocycles. The molecular formula is C24H23N. The third kappa shape index (κ3) is 3.95. The average molecular weight is 325 g/mol. The molecule has 0 N–H and O–H groups in total. The number of benzene rings is 2. The van der Waals surface area contributed by atoms with Gasteiger partial charge in [0.1, 0.15) is 0 Å². The van der Waals surface area contributed by atoms with Crippen molar-refractivity contribution in [3.05, 3.63) is 96.2 Å². The Kier molecular flexibility index (Phi) is 5.25. The van der Waals surface area contributed by atoms with E-state index in [9.17, 15) is 0 Å². The fourth-order valence-corrected chi connectivity index (χ4v) is 2.86. The first-order chi connectivity index (χ1) is 12.2. The van der Waals surface area contributed by atoms with Crippen molar-refractivity contribution >= 4 is 5.57 Å². The molecule has 0 bridgehead atoms. The molecule has 0 unspecified atom stereocenters. The monoisotopic (exact) mass is 325 g/mol. The van der Waals surface area contributed by atoms with Crippen molar-refractivity contribution in [2.45, 2.75) is 20.8 Å². The molecule has 25 heavy (non-hydrogen) atoms. The number of aromatic nitrogens is 1. The van der Waals surface area contributed by atoms with Crippen LogP contribution in [0.2, 0.25) is 0 Å². The van der Waals surface area contributed by atoms with Crippen LogP contribution in [0.1, 0.15) is 25.1 Å². The van der Waals surface area contributed by atoms with Crippen LogP contribution in [0.25, 0.3) is 28.0 Å². The molecule has 0 saturated carbocycles. The Morgan fingerprint density at radius 3 is 2.16 bits per heavy atom. The van der Waals surface area contributed by atoms with Crippen LogP contribution in [0.3, 0.4) is 0 Å². The fourth-order valence-electron chi connectivity index (χ4n) is 2.86. The summed E-state index contributed by atoms with van der Waals surface area (Å²) in [6.07, 6.45) is 6.27. The molecule has 0 fully saturated rings. The van der Waals surface area contributed by atoms with Gasteiger partial charge in [-0.05, 0) is 49.6 Å². The number of allylic oxidation sites excluding steroid dienone is 4. The van der Waals surface area contributed by atoms with E-state index in [0.29, 0.717) is 0 Å². The molecule has 3 aromatic rings. The summed E-state index contributed by atoms with van der Waals surface area (Å²) in [5.41, 5.74) is 7.93.